The van der Waals surface area contributed by atoms with Crippen LogP contribution in [-0.4, -0.2) is 23.9 Å². The smallest absolute Gasteiger partial charge is 0.414 e. The van der Waals surface area contributed by atoms with E-state index in [1.807, 2.05) is 30.3 Å². The summed E-state index contributed by atoms with van der Waals surface area (Å²) in [5.74, 6) is 0. The highest BCUT2D eigenvalue weighted by molar-refractivity contribution is 5.87. The number of hydrogen-bond acceptors (Lipinski definition) is 3. The number of hydrogen-bond donors (Lipinski definition) is 2. The van der Waals surface area contributed by atoms with Crippen molar-refractivity contribution in [2.45, 2.75) is 13.5 Å². The number of benzene rings is 2. The van der Waals surface area contributed by atoms with Crippen LogP contribution in [0.4, 0.5) is 21.0 Å². The first kappa shape index (κ1) is 16.4. The molecule has 0 aromatic heterocycles. The van der Waals surface area contributed by atoms with Gasteiger partial charge in [0.1, 0.15) is 0 Å². The molecule has 0 saturated carbocycles. The minimum absolute atomic E-state index is 0.295. The Balaban J connectivity index is 2.17. The van der Waals surface area contributed by atoms with Gasteiger partial charge in [-0.05, 0) is 36.8 Å². The van der Waals surface area contributed by atoms with E-state index in [0.29, 0.717) is 18.8 Å². The molecule has 0 aliphatic rings. The topological polar surface area (TPSA) is 78.9 Å². The Labute approximate surface area is 134 Å². The van der Waals surface area contributed by atoms with Gasteiger partial charge in [-0.1, -0.05) is 30.3 Å². The van der Waals surface area contributed by atoms with Crippen LogP contribution in [0.5, 0.6) is 0 Å². The summed E-state index contributed by atoms with van der Waals surface area (Å²) in [4.78, 5) is 24.3. The highest BCUT2D eigenvalue weighted by Gasteiger charge is 2.17. The van der Waals surface area contributed by atoms with Gasteiger partial charge in [0.05, 0.1) is 13.2 Å². The zero-order valence-electron chi connectivity index (χ0n) is 12.7. The molecule has 0 saturated heterocycles. The molecule has 0 aliphatic heterocycles. The van der Waals surface area contributed by atoms with E-state index in [1.165, 1.54) is 4.90 Å². The molecule has 0 fully saturated rings. The van der Waals surface area contributed by atoms with Crippen LogP contribution < -0.4 is 10.2 Å². The van der Waals surface area contributed by atoms with Gasteiger partial charge in [0, 0.05) is 11.4 Å². The minimum atomic E-state index is -1.12. The van der Waals surface area contributed by atoms with Gasteiger partial charge >= 0.3 is 12.2 Å². The van der Waals surface area contributed by atoms with Crippen LogP contribution >= 0.6 is 0 Å². The Hall–Kier alpha value is -3.02. The lowest BCUT2D eigenvalue weighted by atomic mass is 10.2. The molecule has 0 spiro atoms. The first-order valence-electron chi connectivity index (χ1n) is 7.18. The molecule has 2 amide bonds. The van der Waals surface area contributed by atoms with Gasteiger partial charge < -0.3 is 9.84 Å². The largest absolute Gasteiger partial charge is 0.465 e. The molecule has 6 nitrogen and oxygen atoms in total. The number of carboxylic acid groups (broad SMARTS) is 1. The van der Waals surface area contributed by atoms with Crippen molar-refractivity contribution in [3.8, 4) is 0 Å². The van der Waals surface area contributed by atoms with E-state index in [4.69, 9.17) is 9.84 Å². The van der Waals surface area contributed by atoms with Gasteiger partial charge in [-0.15, -0.1) is 0 Å². The van der Waals surface area contributed by atoms with Crippen molar-refractivity contribution in [2.75, 3.05) is 16.8 Å². The number of carbonyl (C=O) groups is 2. The van der Waals surface area contributed by atoms with E-state index < -0.39 is 12.2 Å². The minimum Gasteiger partial charge on any atom is -0.465 e. The third kappa shape index (κ3) is 4.74. The summed E-state index contributed by atoms with van der Waals surface area (Å²) < 4.78 is 5.10. The molecular formula is C17H18N2O4. The number of rotatable bonds is 5. The van der Waals surface area contributed by atoms with E-state index in [0.717, 1.165) is 11.3 Å². The molecule has 6 heteroatoms. The Morgan fingerprint density at radius 1 is 1.09 bits per heavy atom. The number of para-hydroxylation sites is 1. The fourth-order valence-electron chi connectivity index (χ4n) is 2.07. The highest BCUT2D eigenvalue weighted by Crippen LogP contribution is 2.19. The Bertz CT molecular complexity index is 656. The molecule has 0 aliphatic carbocycles. The number of nitrogens with zero attached hydrogens (tertiary/aromatic N) is 1. The maximum atomic E-state index is 12.2. The second-order valence-corrected chi connectivity index (χ2v) is 4.75. The molecule has 2 aromatic rings. The van der Waals surface area contributed by atoms with Gasteiger partial charge in [-0.2, -0.15) is 0 Å². The zero-order valence-corrected chi connectivity index (χ0v) is 12.7. The van der Waals surface area contributed by atoms with Gasteiger partial charge in [-0.3, -0.25) is 10.2 Å². The molecular weight excluding hydrogens is 296 g/mol. The van der Waals surface area contributed by atoms with Crippen LogP contribution in [-0.2, 0) is 11.3 Å². The van der Waals surface area contributed by atoms with Crippen LogP contribution in [0, 0.1) is 0 Å². The van der Waals surface area contributed by atoms with E-state index in [2.05, 4.69) is 5.32 Å². The average Bonchev–Trinajstić information content (AvgIpc) is 2.54. The maximum Gasteiger partial charge on any atom is 0.414 e. The second-order valence-electron chi connectivity index (χ2n) is 4.75. The van der Waals surface area contributed by atoms with Crippen molar-refractivity contribution in [1.82, 2.24) is 0 Å². The second kappa shape index (κ2) is 7.84. The van der Waals surface area contributed by atoms with Crippen molar-refractivity contribution in [3.05, 3.63) is 60.2 Å². The normalized spacial score (nSPS) is 9.96. The summed E-state index contributed by atoms with van der Waals surface area (Å²) in [5.41, 5.74) is 2.07. The molecule has 0 bridgehead atoms. The lowest BCUT2D eigenvalue weighted by molar-refractivity contribution is 0.159. The lowest BCUT2D eigenvalue weighted by Crippen LogP contribution is -2.31. The fourth-order valence-corrected chi connectivity index (χ4v) is 2.07. The molecule has 120 valence electrons. The Morgan fingerprint density at radius 2 is 1.74 bits per heavy atom. The molecule has 0 heterocycles. The van der Waals surface area contributed by atoms with E-state index in [9.17, 15) is 9.59 Å². The Kier molecular flexibility index (Phi) is 5.57. The Morgan fingerprint density at radius 3 is 2.30 bits per heavy atom. The van der Waals surface area contributed by atoms with Crippen molar-refractivity contribution in [3.63, 3.8) is 0 Å². The summed E-state index contributed by atoms with van der Waals surface area (Å²) >= 11 is 0. The number of carbonyl (C=O) groups excluding carboxylic acids is 1. The van der Waals surface area contributed by atoms with Crippen LogP contribution in [0.3, 0.4) is 0 Å². The maximum absolute atomic E-state index is 12.2. The molecule has 2 rings (SSSR count). The van der Waals surface area contributed by atoms with Crippen LogP contribution in [0.1, 0.15) is 12.5 Å². The van der Waals surface area contributed by atoms with Crippen LogP contribution in [0.25, 0.3) is 0 Å². The number of nitrogens with one attached hydrogen (secondary N) is 1. The molecule has 23 heavy (non-hydrogen) atoms. The summed E-state index contributed by atoms with van der Waals surface area (Å²) in [6.07, 6.45) is -1.54. The van der Waals surface area contributed by atoms with Gasteiger partial charge in [-0.25, -0.2) is 9.59 Å². The van der Waals surface area contributed by atoms with E-state index in [1.54, 1.807) is 31.2 Å². The van der Waals surface area contributed by atoms with Gasteiger partial charge in [0.2, 0.25) is 0 Å². The lowest BCUT2D eigenvalue weighted by Gasteiger charge is -2.22. The van der Waals surface area contributed by atoms with Crippen LogP contribution in [0.15, 0.2) is 54.6 Å². The third-order valence-electron chi connectivity index (χ3n) is 3.10. The van der Waals surface area contributed by atoms with Crippen molar-refractivity contribution in [1.29, 1.82) is 0 Å². The summed E-state index contributed by atoms with van der Waals surface area (Å²) in [7, 11) is 0. The molecule has 2 N–H and O–H groups in total. The molecule has 0 radical (unpaired) electrons. The van der Waals surface area contributed by atoms with E-state index >= 15 is 0 Å². The summed E-state index contributed by atoms with van der Waals surface area (Å²) in [5, 5.41) is 11.0. The highest BCUT2D eigenvalue weighted by atomic mass is 16.6. The van der Waals surface area contributed by atoms with Crippen molar-refractivity contribution >= 4 is 23.6 Å². The number of amides is 2. The van der Waals surface area contributed by atoms with Gasteiger partial charge in [0.25, 0.3) is 0 Å². The monoisotopic (exact) mass is 314 g/mol. The van der Waals surface area contributed by atoms with E-state index in [-0.39, 0.29) is 0 Å². The van der Waals surface area contributed by atoms with Gasteiger partial charge in [0.15, 0.2) is 0 Å². The first-order chi connectivity index (χ1) is 11.1. The first-order valence-corrected chi connectivity index (χ1v) is 7.18. The zero-order chi connectivity index (χ0) is 16.7. The summed E-state index contributed by atoms with van der Waals surface area (Å²) in [6.45, 7) is 2.38. The number of ether oxygens (including phenoxy) is 1. The quantitative estimate of drug-likeness (QED) is 0.876. The fraction of sp³-hybridized carbons (Fsp3) is 0.176. The predicted molar refractivity (Wildman–Crippen MR) is 87.7 cm³/mol. The molecule has 2 aromatic carbocycles. The van der Waals surface area contributed by atoms with Crippen molar-refractivity contribution < 1.29 is 19.4 Å². The predicted octanol–water partition coefficient (Wildman–Crippen LogP) is 3.94. The molecule has 0 unspecified atom stereocenters. The molecule has 0 atom stereocenters. The van der Waals surface area contributed by atoms with Crippen LogP contribution in [0.2, 0.25) is 0 Å². The third-order valence-corrected chi connectivity index (χ3v) is 3.10. The number of anilines is 2. The van der Waals surface area contributed by atoms with Crippen molar-refractivity contribution in [2.24, 2.45) is 0 Å². The summed E-state index contributed by atoms with van der Waals surface area (Å²) in [6, 6.07) is 16.1. The SMILES string of the molecule is CCOC(=O)N(Cc1ccc(NC(=O)O)cc1)c1ccccc1. The average molecular weight is 314 g/mol. The standard InChI is InChI=1S/C17H18N2O4/c1-2-23-17(22)19(15-6-4-3-5-7-15)12-13-8-10-14(11-9-13)18-16(20)21/h3-11,18H,2,12H2,1H3,(H,20,21).